The second kappa shape index (κ2) is 3.95. The molecule has 4 heteroatoms. The molecule has 1 atom stereocenters. The predicted octanol–water partition coefficient (Wildman–Crippen LogP) is 1.80. The topological polar surface area (TPSA) is 43.8 Å². The number of rotatable bonds is 0. The molecule has 1 aromatic rings. The van der Waals surface area contributed by atoms with E-state index in [2.05, 4.69) is 29.2 Å². The number of carbonyl (C=O) groups is 1. The molecule has 2 aliphatic heterocycles. The van der Waals surface area contributed by atoms with Crippen LogP contribution in [-0.2, 0) is 6.42 Å². The molecule has 1 fully saturated rings. The van der Waals surface area contributed by atoms with Gasteiger partial charge in [0.2, 0.25) is 0 Å². The SMILES string of the molecule is O=C(O)N1CCC2Cc3ccccc3N2CC1. The molecule has 90 valence electrons. The fourth-order valence-electron chi connectivity index (χ4n) is 2.92. The van der Waals surface area contributed by atoms with E-state index in [0.29, 0.717) is 19.1 Å². The summed E-state index contributed by atoms with van der Waals surface area (Å²) in [6.07, 6.45) is 1.20. The largest absolute Gasteiger partial charge is 0.465 e. The van der Waals surface area contributed by atoms with Gasteiger partial charge in [-0.1, -0.05) is 18.2 Å². The van der Waals surface area contributed by atoms with Crippen LogP contribution in [0.5, 0.6) is 0 Å². The van der Waals surface area contributed by atoms with Crippen molar-refractivity contribution in [1.82, 2.24) is 4.90 Å². The van der Waals surface area contributed by atoms with E-state index in [1.807, 2.05) is 0 Å². The van der Waals surface area contributed by atoms with Crippen molar-refractivity contribution in [3.05, 3.63) is 29.8 Å². The van der Waals surface area contributed by atoms with Gasteiger partial charge in [-0.25, -0.2) is 4.79 Å². The summed E-state index contributed by atoms with van der Waals surface area (Å²) in [7, 11) is 0. The Hall–Kier alpha value is -1.71. The van der Waals surface area contributed by atoms with E-state index >= 15 is 0 Å². The van der Waals surface area contributed by atoms with Gasteiger partial charge in [0.1, 0.15) is 0 Å². The molecule has 0 bridgehead atoms. The summed E-state index contributed by atoms with van der Waals surface area (Å²) in [5, 5.41) is 9.03. The Morgan fingerprint density at radius 1 is 1.24 bits per heavy atom. The highest BCUT2D eigenvalue weighted by molar-refractivity contribution is 5.66. The number of amides is 1. The number of anilines is 1. The molecule has 17 heavy (non-hydrogen) atoms. The van der Waals surface area contributed by atoms with E-state index in [1.165, 1.54) is 16.2 Å². The van der Waals surface area contributed by atoms with Gasteiger partial charge < -0.3 is 14.9 Å². The van der Waals surface area contributed by atoms with E-state index in [9.17, 15) is 4.79 Å². The molecule has 3 rings (SSSR count). The number of carboxylic acid groups (broad SMARTS) is 1. The Morgan fingerprint density at radius 2 is 2.06 bits per heavy atom. The summed E-state index contributed by atoms with van der Waals surface area (Å²) in [6, 6.07) is 8.94. The number of para-hydroxylation sites is 1. The van der Waals surface area contributed by atoms with E-state index in [1.54, 1.807) is 0 Å². The molecule has 0 radical (unpaired) electrons. The number of hydrogen-bond donors (Lipinski definition) is 1. The fraction of sp³-hybridized carbons (Fsp3) is 0.462. The standard InChI is InChI=1S/C13H16N2O2/c16-13(17)14-6-5-11-9-10-3-1-2-4-12(10)15(11)8-7-14/h1-4,11H,5-9H2,(H,16,17). The first-order chi connectivity index (χ1) is 8.25. The Balaban J connectivity index is 1.83. The predicted molar refractivity (Wildman–Crippen MR) is 65.5 cm³/mol. The van der Waals surface area contributed by atoms with Gasteiger partial charge in [0.15, 0.2) is 0 Å². The van der Waals surface area contributed by atoms with Crippen molar-refractivity contribution in [3.63, 3.8) is 0 Å². The number of benzene rings is 1. The van der Waals surface area contributed by atoms with Crippen molar-refractivity contribution in [2.45, 2.75) is 18.9 Å². The minimum atomic E-state index is -0.792. The maximum absolute atomic E-state index is 11.0. The van der Waals surface area contributed by atoms with Gasteiger partial charge in [0.25, 0.3) is 0 Å². The maximum atomic E-state index is 11.0. The number of hydrogen-bond acceptors (Lipinski definition) is 2. The average molecular weight is 232 g/mol. The zero-order valence-corrected chi connectivity index (χ0v) is 9.67. The van der Waals surface area contributed by atoms with Crippen molar-refractivity contribution in [3.8, 4) is 0 Å². The summed E-state index contributed by atoms with van der Waals surface area (Å²) in [4.78, 5) is 14.9. The first kappa shape index (κ1) is 10.4. The maximum Gasteiger partial charge on any atom is 0.407 e. The van der Waals surface area contributed by atoms with Crippen LogP contribution in [-0.4, -0.2) is 41.8 Å². The molecule has 1 unspecified atom stereocenters. The summed E-state index contributed by atoms with van der Waals surface area (Å²) in [5.74, 6) is 0. The Bertz CT molecular complexity index is 447. The molecule has 0 saturated carbocycles. The van der Waals surface area contributed by atoms with Crippen molar-refractivity contribution in [2.24, 2.45) is 0 Å². The highest BCUT2D eigenvalue weighted by Gasteiger charge is 2.32. The zero-order chi connectivity index (χ0) is 11.8. The zero-order valence-electron chi connectivity index (χ0n) is 9.67. The van der Waals surface area contributed by atoms with Gasteiger partial charge in [0.05, 0.1) is 0 Å². The molecule has 2 heterocycles. The van der Waals surface area contributed by atoms with Crippen molar-refractivity contribution in [1.29, 1.82) is 0 Å². The minimum Gasteiger partial charge on any atom is -0.465 e. The molecular formula is C13H16N2O2. The van der Waals surface area contributed by atoms with Crippen molar-refractivity contribution < 1.29 is 9.90 Å². The van der Waals surface area contributed by atoms with E-state index in [0.717, 1.165) is 19.4 Å². The van der Waals surface area contributed by atoms with Crippen LogP contribution in [0, 0.1) is 0 Å². The number of fused-ring (bicyclic) bond motifs is 3. The summed E-state index contributed by atoms with van der Waals surface area (Å²) in [6.45, 7) is 2.08. The quantitative estimate of drug-likeness (QED) is 0.741. The van der Waals surface area contributed by atoms with Crippen LogP contribution in [0.4, 0.5) is 10.5 Å². The summed E-state index contributed by atoms with van der Waals surface area (Å²) >= 11 is 0. The molecule has 2 aliphatic rings. The minimum absolute atomic E-state index is 0.483. The van der Waals surface area contributed by atoms with E-state index in [-0.39, 0.29) is 0 Å². The van der Waals surface area contributed by atoms with Crippen LogP contribution in [0.15, 0.2) is 24.3 Å². The van der Waals surface area contributed by atoms with Crippen LogP contribution in [0.3, 0.4) is 0 Å². The summed E-state index contributed by atoms with van der Waals surface area (Å²) < 4.78 is 0. The number of nitrogens with zero attached hydrogens (tertiary/aromatic N) is 2. The highest BCUT2D eigenvalue weighted by Crippen LogP contribution is 2.34. The first-order valence-corrected chi connectivity index (χ1v) is 6.08. The third kappa shape index (κ3) is 1.73. The van der Waals surface area contributed by atoms with E-state index < -0.39 is 6.09 Å². The first-order valence-electron chi connectivity index (χ1n) is 6.08. The Labute approximate surface area is 100 Å². The lowest BCUT2D eigenvalue weighted by Crippen LogP contribution is -2.34. The molecule has 0 spiro atoms. The molecule has 4 nitrogen and oxygen atoms in total. The second-order valence-electron chi connectivity index (χ2n) is 4.74. The normalized spacial score (nSPS) is 22.9. The van der Waals surface area contributed by atoms with Crippen LogP contribution in [0.1, 0.15) is 12.0 Å². The van der Waals surface area contributed by atoms with Crippen molar-refractivity contribution in [2.75, 3.05) is 24.5 Å². The third-order valence-corrected chi connectivity index (χ3v) is 3.81. The van der Waals surface area contributed by atoms with Crippen molar-refractivity contribution >= 4 is 11.8 Å². The second-order valence-corrected chi connectivity index (χ2v) is 4.74. The molecule has 0 aliphatic carbocycles. The van der Waals surface area contributed by atoms with Crippen LogP contribution in [0.2, 0.25) is 0 Å². The average Bonchev–Trinajstić information content (AvgIpc) is 2.53. The van der Waals surface area contributed by atoms with E-state index in [4.69, 9.17) is 5.11 Å². The molecule has 1 N–H and O–H groups in total. The smallest absolute Gasteiger partial charge is 0.407 e. The highest BCUT2D eigenvalue weighted by atomic mass is 16.4. The fourth-order valence-corrected chi connectivity index (χ4v) is 2.92. The molecule has 1 amide bonds. The Morgan fingerprint density at radius 3 is 2.88 bits per heavy atom. The van der Waals surface area contributed by atoms with Gasteiger partial charge in [0, 0.05) is 31.4 Å². The van der Waals surface area contributed by atoms with Crippen LogP contribution in [0.25, 0.3) is 0 Å². The summed E-state index contributed by atoms with van der Waals surface area (Å²) in [5.41, 5.74) is 2.70. The van der Waals surface area contributed by atoms with Gasteiger partial charge >= 0.3 is 6.09 Å². The molecule has 0 aromatic heterocycles. The van der Waals surface area contributed by atoms with Gasteiger partial charge in [-0.15, -0.1) is 0 Å². The third-order valence-electron chi connectivity index (χ3n) is 3.81. The lowest BCUT2D eigenvalue weighted by Gasteiger charge is -2.24. The van der Waals surface area contributed by atoms with Crippen LogP contribution >= 0.6 is 0 Å². The van der Waals surface area contributed by atoms with Gasteiger partial charge in [-0.3, -0.25) is 0 Å². The lowest BCUT2D eigenvalue weighted by molar-refractivity contribution is 0.148. The molecule has 1 saturated heterocycles. The van der Waals surface area contributed by atoms with Gasteiger partial charge in [-0.2, -0.15) is 0 Å². The molecule has 1 aromatic carbocycles. The lowest BCUT2D eigenvalue weighted by atomic mass is 10.1. The monoisotopic (exact) mass is 232 g/mol. The van der Waals surface area contributed by atoms with Gasteiger partial charge in [-0.05, 0) is 24.5 Å². The Kier molecular flexibility index (Phi) is 2.42. The van der Waals surface area contributed by atoms with Crippen LogP contribution < -0.4 is 4.90 Å². The molecular weight excluding hydrogens is 216 g/mol.